The van der Waals surface area contributed by atoms with Gasteiger partial charge in [0.15, 0.2) is 0 Å². The maximum Gasteiger partial charge on any atom is 0.0912 e. The van der Waals surface area contributed by atoms with Crippen LogP contribution in [-0.4, -0.2) is 0 Å². The molecule has 0 aliphatic carbocycles. The van der Waals surface area contributed by atoms with Crippen molar-refractivity contribution in [1.82, 2.24) is 0 Å². The standard InChI is InChI=1S/C10H10N2/c1-8-4-5-10(12)7-9(8)3-2-6-11/h2-5,7H,12H2,1H3. The molecule has 2 N–H and O–H groups in total. The molecule has 2 nitrogen and oxygen atoms in total. The monoisotopic (exact) mass is 158 g/mol. The van der Waals surface area contributed by atoms with E-state index in [1.54, 1.807) is 6.08 Å². The van der Waals surface area contributed by atoms with Gasteiger partial charge < -0.3 is 5.73 Å². The topological polar surface area (TPSA) is 49.8 Å². The molecule has 0 amide bonds. The van der Waals surface area contributed by atoms with Gasteiger partial charge in [-0.2, -0.15) is 5.26 Å². The SMILES string of the molecule is Cc1ccc(N)cc1C=CC#N. The van der Waals surface area contributed by atoms with E-state index in [0.717, 1.165) is 16.8 Å². The van der Waals surface area contributed by atoms with Crippen molar-refractivity contribution in [3.05, 3.63) is 35.4 Å². The number of nitrogens with two attached hydrogens (primary N) is 1. The van der Waals surface area contributed by atoms with Gasteiger partial charge in [-0.15, -0.1) is 0 Å². The number of nitriles is 1. The molecule has 1 aromatic carbocycles. The van der Waals surface area contributed by atoms with Gasteiger partial charge in [0.1, 0.15) is 0 Å². The Morgan fingerprint density at radius 2 is 2.25 bits per heavy atom. The van der Waals surface area contributed by atoms with Crippen molar-refractivity contribution in [3.63, 3.8) is 0 Å². The molecule has 0 radical (unpaired) electrons. The van der Waals surface area contributed by atoms with E-state index in [1.807, 2.05) is 31.2 Å². The lowest BCUT2D eigenvalue weighted by molar-refractivity contribution is 1.44. The second kappa shape index (κ2) is 3.59. The van der Waals surface area contributed by atoms with Crippen molar-refractivity contribution in [1.29, 1.82) is 5.26 Å². The predicted molar refractivity (Wildman–Crippen MR) is 50.2 cm³/mol. The highest BCUT2D eigenvalue weighted by molar-refractivity contribution is 5.60. The molecule has 60 valence electrons. The molecule has 0 aromatic heterocycles. The molecule has 0 saturated carbocycles. The first-order valence-corrected chi connectivity index (χ1v) is 3.66. The highest BCUT2D eigenvalue weighted by Crippen LogP contribution is 2.13. The molecule has 0 unspecified atom stereocenters. The average molecular weight is 158 g/mol. The van der Waals surface area contributed by atoms with Gasteiger partial charge in [-0.1, -0.05) is 6.07 Å². The van der Waals surface area contributed by atoms with E-state index < -0.39 is 0 Å². The average Bonchev–Trinajstić information content (AvgIpc) is 2.07. The predicted octanol–water partition coefficient (Wildman–Crippen LogP) is 2.11. The van der Waals surface area contributed by atoms with Gasteiger partial charge in [0, 0.05) is 11.8 Å². The summed E-state index contributed by atoms with van der Waals surface area (Å²) in [5.74, 6) is 0. The quantitative estimate of drug-likeness (QED) is 0.502. The van der Waals surface area contributed by atoms with Crippen molar-refractivity contribution < 1.29 is 0 Å². The largest absolute Gasteiger partial charge is 0.399 e. The Morgan fingerprint density at radius 1 is 1.50 bits per heavy atom. The molecule has 0 aliphatic heterocycles. The molecule has 0 atom stereocenters. The second-order valence-electron chi connectivity index (χ2n) is 2.58. The lowest BCUT2D eigenvalue weighted by Gasteiger charge is -2.00. The molecule has 0 heterocycles. The van der Waals surface area contributed by atoms with Gasteiger partial charge >= 0.3 is 0 Å². The van der Waals surface area contributed by atoms with Gasteiger partial charge in [0.05, 0.1) is 6.07 Å². The summed E-state index contributed by atoms with van der Waals surface area (Å²) < 4.78 is 0. The van der Waals surface area contributed by atoms with Crippen molar-refractivity contribution in [3.8, 4) is 6.07 Å². The fourth-order valence-corrected chi connectivity index (χ4v) is 0.966. The maximum atomic E-state index is 8.32. The Morgan fingerprint density at radius 3 is 2.92 bits per heavy atom. The number of hydrogen-bond acceptors (Lipinski definition) is 2. The van der Waals surface area contributed by atoms with Crippen molar-refractivity contribution in [2.24, 2.45) is 0 Å². The third kappa shape index (κ3) is 1.86. The first kappa shape index (κ1) is 8.35. The lowest BCUT2D eigenvalue weighted by atomic mass is 10.1. The third-order valence-electron chi connectivity index (χ3n) is 1.64. The zero-order valence-corrected chi connectivity index (χ0v) is 6.91. The molecule has 1 aromatic rings. The van der Waals surface area contributed by atoms with E-state index >= 15 is 0 Å². The Balaban J connectivity index is 3.07. The number of aryl methyl sites for hydroxylation is 1. The smallest absolute Gasteiger partial charge is 0.0912 e. The Kier molecular flexibility index (Phi) is 2.49. The molecule has 1 rings (SSSR count). The van der Waals surface area contributed by atoms with E-state index in [4.69, 9.17) is 11.0 Å². The van der Waals surface area contributed by atoms with E-state index in [0.29, 0.717) is 0 Å². The minimum atomic E-state index is 0.721. The summed E-state index contributed by atoms with van der Waals surface area (Å²) in [6, 6.07) is 7.58. The third-order valence-corrected chi connectivity index (χ3v) is 1.64. The van der Waals surface area contributed by atoms with E-state index in [2.05, 4.69) is 0 Å². The number of allylic oxidation sites excluding steroid dienone is 1. The summed E-state index contributed by atoms with van der Waals surface area (Å²) >= 11 is 0. The van der Waals surface area contributed by atoms with Crippen molar-refractivity contribution >= 4 is 11.8 Å². The van der Waals surface area contributed by atoms with Gasteiger partial charge in [0.25, 0.3) is 0 Å². The summed E-state index contributed by atoms with van der Waals surface area (Å²) in [5, 5.41) is 8.32. The summed E-state index contributed by atoms with van der Waals surface area (Å²) in [6.07, 6.45) is 3.20. The van der Waals surface area contributed by atoms with Crippen LogP contribution in [0.3, 0.4) is 0 Å². The number of anilines is 1. The zero-order chi connectivity index (χ0) is 8.97. The van der Waals surface area contributed by atoms with Crippen LogP contribution in [-0.2, 0) is 0 Å². The number of hydrogen-bond donors (Lipinski definition) is 1. The van der Waals surface area contributed by atoms with Gasteiger partial charge in [-0.3, -0.25) is 0 Å². The van der Waals surface area contributed by atoms with Crippen LogP contribution in [0.4, 0.5) is 5.69 Å². The number of rotatable bonds is 1. The van der Waals surface area contributed by atoms with E-state index in [1.165, 1.54) is 6.08 Å². The molecule has 12 heavy (non-hydrogen) atoms. The van der Waals surface area contributed by atoms with Crippen LogP contribution in [0.15, 0.2) is 24.3 Å². The Bertz CT molecular complexity index is 345. The summed E-state index contributed by atoms with van der Waals surface area (Å²) in [6.45, 7) is 1.98. The van der Waals surface area contributed by atoms with Gasteiger partial charge in [-0.05, 0) is 36.3 Å². The van der Waals surface area contributed by atoms with Crippen LogP contribution in [0.5, 0.6) is 0 Å². The van der Waals surface area contributed by atoms with Crippen molar-refractivity contribution in [2.75, 3.05) is 5.73 Å². The maximum absolute atomic E-state index is 8.32. The first-order valence-electron chi connectivity index (χ1n) is 3.66. The normalized spacial score (nSPS) is 10.0. The zero-order valence-electron chi connectivity index (χ0n) is 6.91. The second-order valence-corrected chi connectivity index (χ2v) is 2.58. The highest BCUT2D eigenvalue weighted by atomic mass is 14.5. The summed E-state index contributed by atoms with van der Waals surface area (Å²) in [4.78, 5) is 0. The van der Waals surface area contributed by atoms with Crippen molar-refractivity contribution in [2.45, 2.75) is 6.92 Å². The highest BCUT2D eigenvalue weighted by Gasteiger charge is 1.93. The molecule has 0 spiro atoms. The Hall–Kier alpha value is -1.75. The minimum Gasteiger partial charge on any atom is -0.399 e. The molecule has 0 saturated heterocycles. The molecule has 0 bridgehead atoms. The van der Waals surface area contributed by atoms with Crippen LogP contribution >= 0.6 is 0 Å². The molecule has 2 heteroatoms. The Labute approximate surface area is 71.9 Å². The first-order chi connectivity index (χ1) is 5.74. The summed E-state index contributed by atoms with van der Waals surface area (Å²) in [5.41, 5.74) is 8.42. The number of benzene rings is 1. The van der Waals surface area contributed by atoms with Crippen LogP contribution in [0, 0.1) is 18.3 Å². The van der Waals surface area contributed by atoms with E-state index in [9.17, 15) is 0 Å². The molecule has 0 aliphatic rings. The number of nitrogen functional groups attached to an aromatic ring is 1. The van der Waals surface area contributed by atoms with E-state index in [-0.39, 0.29) is 0 Å². The van der Waals surface area contributed by atoms with Crippen LogP contribution < -0.4 is 5.73 Å². The molecular formula is C10H10N2. The van der Waals surface area contributed by atoms with Crippen LogP contribution in [0.2, 0.25) is 0 Å². The molecular weight excluding hydrogens is 148 g/mol. The number of nitrogens with zero attached hydrogens (tertiary/aromatic N) is 1. The fraction of sp³-hybridized carbons (Fsp3) is 0.100. The van der Waals surface area contributed by atoms with Crippen LogP contribution in [0.1, 0.15) is 11.1 Å². The van der Waals surface area contributed by atoms with Crippen LogP contribution in [0.25, 0.3) is 6.08 Å². The van der Waals surface area contributed by atoms with Gasteiger partial charge in [0.2, 0.25) is 0 Å². The van der Waals surface area contributed by atoms with Gasteiger partial charge in [-0.25, -0.2) is 0 Å². The minimum absolute atomic E-state index is 0.721. The fourth-order valence-electron chi connectivity index (χ4n) is 0.966. The molecule has 0 fully saturated rings. The lowest BCUT2D eigenvalue weighted by Crippen LogP contribution is -1.87. The summed E-state index contributed by atoms with van der Waals surface area (Å²) in [7, 11) is 0.